The average molecular weight is 820 g/mol. The highest BCUT2D eigenvalue weighted by Crippen LogP contribution is 2.33. The number of anilines is 2. The minimum atomic E-state index is -1.27. The molecule has 0 radical (unpaired) electrons. The summed E-state index contributed by atoms with van der Waals surface area (Å²) in [4.78, 5) is 61.0. The monoisotopic (exact) mass is 819 g/mol. The molecule has 2 aromatic carbocycles. The summed E-state index contributed by atoms with van der Waals surface area (Å²) >= 11 is 0. The number of carbonyl (C=O) groups excluding carboxylic acids is 3. The number of nitrogens with two attached hydrogens (primary N) is 1. The summed E-state index contributed by atoms with van der Waals surface area (Å²) in [7, 11) is 1.41. The fourth-order valence-corrected chi connectivity index (χ4v) is 6.53. The molecule has 0 aliphatic heterocycles. The van der Waals surface area contributed by atoms with Crippen molar-refractivity contribution in [1.29, 1.82) is 0 Å². The van der Waals surface area contributed by atoms with Crippen molar-refractivity contribution < 1.29 is 38.9 Å². The Bertz CT molecular complexity index is 2750. The first-order valence-corrected chi connectivity index (χ1v) is 18.9. The van der Waals surface area contributed by atoms with E-state index < -0.39 is 29.3 Å². The molecule has 6 aromatic rings. The highest BCUT2D eigenvalue weighted by molar-refractivity contribution is 6.05. The van der Waals surface area contributed by atoms with Gasteiger partial charge in [0.1, 0.15) is 46.1 Å². The van der Waals surface area contributed by atoms with Crippen LogP contribution in [0.4, 0.5) is 11.9 Å². The fourth-order valence-electron chi connectivity index (χ4n) is 6.53. The predicted molar refractivity (Wildman–Crippen MR) is 221 cm³/mol. The van der Waals surface area contributed by atoms with E-state index in [9.17, 15) is 29.4 Å². The summed E-state index contributed by atoms with van der Waals surface area (Å²) in [5, 5.41) is 34.4. The van der Waals surface area contributed by atoms with Gasteiger partial charge in [-0.15, -0.1) is 0 Å². The molecule has 19 heteroatoms. The minimum Gasteiger partial charge on any atom is -0.494 e. The first kappa shape index (κ1) is 42.2. The molecule has 312 valence electrons. The van der Waals surface area contributed by atoms with Gasteiger partial charge in [-0.2, -0.15) is 10.2 Å². The molecule has 19 nitrogen and oxygen atoms in total. The molecule has 4 heterocycles. The Morgan fingerprint density at radius 1 is 0.800 bits per heavy atom. The Kier molecular flexibility index (Phi) is 12.1. The number of fused-ring (bicyclic) bond motifs is 2. The lowest BCUT2D eigenvalue weighted by Crippen LogP contribution is -2.20. The summed E-state index contributed by atoms with van der Waals surface area (Å²) in [5.74, 6) is 3.22. The number of hydrogen-bond acceptors (Lipinski definition) is 11. The first-order valence-electron chi connectivity index (χ1n) is 18.9. The van der Waals surface area contributed by atoms with Crippen LogP contribution in [-0.2, 0) is 26.2 Å². The lowest BCUT2D eigenvalue weighted by atomic mass is 10.1. The molecule has 0 unspecified atom stereocenters. The van der Waals surface area contributed by atoms with Gasteiger partial charge in [0.05, 0.1) is 35.1 Å². The van der Waals surface area contributed by atoms with Crippen LogP contribution >= 0.6 is 0 Å². The Morgan fingerprint density at radius 2 is 1.28 bits per heavy atom. The molecule has 0 fully saturated rings. The van der Waals surface area contributed by atoms with E-state index in [1.165, 1.54) is 45.2 Å². The Hall–Kier alpha value is -7.46. The van der Waals surface area contributed by atoms with Gasteiger partial charge >= 0.3 is 5.97 Å². The highest BCUT2D eigenvalue weighted by atomic mass is 16.5. The second-order valence-electron chi connectivity index (χ2n) is 14.2. The third kappa shape index (κ3) is 8.98. The van der Waals surface area contributed by atoms with E-state index in [-0.39, 0.29) is 65.3 Å². The maximum absolute atomic E-state index is 13.7. The van der Waals surface area contributed by atoms with Gasteiger partial charge in [-0.3, -0.25) is 34.4 Å². The summed E-state index contributed by atoms with van der Waals surface area (Å²) in [6.07, 6.45) is 3.56. The molecule has 3 amide bonds. The van der Waals surface area contributed by atoms with Crippen LogP contribution in [0.1, 0.15) is 80.8 Å². The third-order valence-electron chi connectivity index (χ3n) is 9.12. The van der Waals surface area contributed by atoms with Crippen LogP contribution in [0.3, 0.4) is 0 Å². The number of aromatic nitrogens is 8. The number of carboxylic acid groups (broad SMARTS) is 1. The summed E-state index contributed by atoms with van der Waals surface area (Å²) in [6.45, 7) is 11.3. The number of nitrogens with zero attached hydrogens (tertiary/aromatic N) is 8. The second kappa shape index (κ2) is 17.2. The summed E-state index contributed by atoms with van der Waals surface area (Å²) in [5.41, 5.74) is 7.75. The molecule has 0 atom stereocenters. The number of aryl methyl sites for hydroxylation is 4. The molecule has 6 N–H and O–H groups in total. The summed E-state index contributed by atoms with van der Waals surface area (Å²) in [6, 6.07) is 9.02. The number of aliphatic hydroxyl groups is 1. The van der Waals surface area contributed by atoms with Gasteiger partial charge in [0, 0.05) is 31.7 Å². The smallest absolute Gasteiger partial charge is 0.335 e. The molecule has 0 aliphatic carbocycles. The molecular weight excluding hydrogens is 775 g/mol. The Labute approximate surface area is 343 Å². The zero-order chi connectivity index (χ0) is 43.5. The van der Waals surface area contributed by atoms with Crippen LogP contribution in [0.15, 0.2) is 48.6 Å². The number of hydrogen-bond donors (Lipinski definition) is 5. The molecule has 0 bridgehead atoms. The molecule has 6 rings (SSSR count). The number of rotatable bonds is 15. The largest absolute Gasteiger partial charge is 0.494 e. The number of primary amides is 1. The van der Waals surface area contributed by atoms with Crippen LogP contribution in [0, 0.1) is 25.7 Å². The van der Waals surface area contributed by atoms with Crippen LogP contribution in [-0.4, -0.2) is 91.9 Å². The number of benzene rings is 2. The molecule has 0 saturated heterocycles. The minimum absolute atomic E-state index is 0.0561. The molecule has 4 aromatic heterocycles. The van der Waals surface area contributed by atoms with E-state index >= 15 is 0 Å². The van der Waals surface area contributed by atoms with E-state index in [4.69, 9.17) is 15.2 Å². The van der Waals surface area contributed by atoms with Crippen LogP contribution in [0.5, 0.6) is 11.5 Å². The SMILES string of the molecule is CCn1nc(C)cc1C(=O)Nc1nc2cc(C(=O)O)cc(OC)c2n1C/C=C/Cn1c(NC(=O)c2cc(C)nn2CC)nc2cc(C(N)=O)cc(OCC#CC(C)(C)O)c21. The first-order chi connectivity index (χ1) is 28.5. The number of allylic oxidation sites excluding steroid dienone is 2. The van der Waals surface area contributed by atoms with Gasteiger partial charge in [-0.25, -0.2) is 14.8 Å². The molecule has 60 heavy (non-hydrogen) atoms. The van der Waals surface area contributed by atoms with Gasteiger partial charge in [0.2, 0.25) is 17.8 Å². The third-order valence-corrected chi connectivity index (χ3v) is 9.12. The standard InChI is InChI=1S/C41H45N11O8/c1-8-51-29(17-23(3)47-51)36(54)45-39-44-28-20-26(38(56)57)22-31(59-7)33(28)49(39)14-10-11-15-50-34-27(43-40(50)46-37(55)30-18-24(4)48-52(30)9-2)19-25(35(42)53)21-32(34)60-16-12-13-41(5,6)58/h10-11,17-22,58H,8-9,14-16H2,1-7H3,(H2,42,53)(H,56,57)(H,43,46,55)(H,44,45,54)/b11-10+. The maximum atomic E-state index is 13.7. The number of nitrogens with one attached hydrogen (secondary N) is 2. The molecular formula is C41H45N11O8. The number of amides is 3. The number of carbonyl (C=O) groups is 4. The predicted octanol–water partition coefficient (Wildman–Crippen LogP) is 4.16. The second-order valence-corrected chi connectivity index (χ2v) is 14.2. The van der Waals surface area contributed by atoms with Gasteiger partial charge in [-0.1, -0.05) is 24.0 Å². The van der Waals surface area contributed by atoms with E-state index in [0.717, 1.165) is 0 Å². The summed E-state index contributed by atoms with van der Waals surface area (Å²) < 4.78 is 18.1. The Balaban J connectivity index is 1.42. The van der Waals surface area contributed by atoms with Crippen molar-refractivity contribution in [3.05, 3.63) is 82.5 Å². The molecule has 0 spiro atoms. The maximum Gasteiger partial charge on any atom is 0.335 e. The number of methoxy groups -OCH3 is 1. The zero-order valence-electron chi connectivity index (χ0n) is 34.2. The van der Waals surface area contributed by atoms with Gasteiger partial charge in [0.15, 0.2) is 0 Å². The number of ether oxygens (including phenoxy) is 2. The van der Waals surface area contributed by atoms with Gasteiger partial charge in [0.25, 0.3) is 11.8 Å². The average Bonchev–Trinajstić information content (AvgIpc) is 3.96. The van der Waals surface area contributed by atoms with E-state index in [1.807, 2.05) is 13.8 Å². The zero-order valence-corrected chi connectivity index (χ0v) is 34.2. The van der Waals surface area contributed by atoms with Crippen molar-refractivity contribution in [2.45, 2.75) is 73.3 Å². The van der Waals surface area contributed by atoms with E-state index in [0.29, 0.717) is 46.9 Å². The van der Waals surface area contributed by atoms with Gasteiger partial charge < -0.3 is 34.6 Å². The van der Waals surface area contributed by atoms with Crippen molar-refractivity contribution in [3.8, 4) is 23.3 Å². The van der Waals surface area contributed by atoms with Crippen LogP contribution in [0.25, 0.3) is 22.1 Å². The quantitative estimate of drug-likeness (QED) is 0.0724. The molecule has 0 aliphatic rings. The van der Waals surface area contributed by atoms with Crippen molar-refractivity contribution in [1.82, 2.24) is 38.7 Å². The van der Waals surface area contributed by atoms with Crippen LogP contribution in [0.2, 0.25) is 0 Å². The lowest BCUT2D eigenvalue weighted by molar-refractivity contribution is 0.0695. The highest BCUT2D eigenvalue weighted by Gasteiger charge is 2.24. The Morgan fingerprint density at radius 3 is 1.73 bits per heavy atom. The van der Waals surface area contributed by atoms with Crippen molar-refractivity contribution in [3.63, 3.8) is 0 Å². The number of aromatic carboxylic acids is 1. The van der Waals surface area contributed by atoms with Crippen molar-refractivity contribution >= 4 is 57.7 Å². The van der Waals surface area contributed by atoms with Crippen molar-refractivity contribution in [2.75, 3.05) is 24.4 Å². The fraction of sp³-hybridized carbons (Fsp3) is 0.317. The number of carboxylic acids is 1. The topological polar surface area (TPSA) is 249 Å². The lowest BCUT2D eigenvalue weighted by Gasteiger charge is -2.13. The van der Waals surface area contributed by atoms with Gasteiger partial charge in [-0.05, 0) is 77.9 Å². The van der Waals surface area contributed by atoms with E-state index in [1.54, 1.807) is 56.6 Å². The molecule has 0 saturated carbocycles. The normalized spacial score (nSPS) is 11.5. The van der Waals surface area contributed by atoms with Crippen molar-refractivity contribution in [2.24, 2.45) is 5.73 Å². The number of imidazole rings is 2. The van der Waals surface area contributed by atoms with E-state index in [2.05, 4.69) is 42.6 Å². The van der Waals surface area contributed by atoms with Crippen LogP contribution < -0.4 is 25.8 Å².